The SMILES string of the molecule is [C-]#[N+]c1ccc(-c2[nH]ncc2-c2ccc3ncnc(N4CCN(c5cccc(S(C)(=O)=O)c5)CC4)c3c2)cc1. The number of fused-ring (bicyclic) bond motifs is 1. The van der Waals surface area contributed by atoms with E-state index < -0.39 is 9.84 Å². The van der Waals surface area contributed by atoms with Gasteiger partial charge in [0.2, 0.25) is 0 Å². The highest BCUT2D eigenvalue weighted by Gasteiger charge is 2.22. The minimum atomic E-state index is -3.26. The number of nitrogens with one attached hydrogen (secondary N) is 1. The minimum Gasteiger partial charge on any atom is -0.368 e. The third-order valence-corrected chi connectivity index (χ3v) is 8.15. The lowest BCUT2D eigenvalue weighted by Crippen LogP contribution is -2.47. The molecule has 1 aliphatic heterocycles. The van der Waals surface area contributed by atoms with Crippen LogP contribution in [0.5, 0.6) is 0 Å². The molecule has 1 fully saturated rings. The molecule has 6 rings (SSSR count). The number of H-pyrrole nitrogens is 1. The largest absolute Gasteiger partial charge is 0.368 e. The molecule has 5 aromatic rings. The lowest BCUT2D eigenvalue weighted by molar-refractivity contribution is 0.601. The van der Waals surface area contributed by atoms with Gasteiger partial charge in [0.15, 0.2) is 15.5 Å². The Morgan fingerprint density at radius 2 is 1.64 bits per heavy atom. The maximum atomic E-state index is 12.0. The summed E-state index contributed by atoms with van der Waals surface area (Å²) in [6.45, 7) is 10.2. The molecule has 1 N–H and O–H groups in total. The highest BCUT2D eigenvalue weighted by atomic mass is 32.2. The second-order valence-corrected chi connectivity index (χ2v) is 11.5. The highest BCUT2D eigenvalue weighted by Crippen LogP contribution is 2.34. The first kappa shape index (κ1) is 24.6. The maximum absolute atomic E-state index is 12.0. The van der Waals surface area contributed by atoms with Crippen LogP contribution in [0.1, 0.15) is 0 Å². The van der Waals surface area contributed by atoms with Crippen molar-refractivity contribution in [1.29, 1.82) is 0 Å². The predicted molar refractivity (Wildman–Crippen MR) is 153 cm³/mol. The quantitative estimate of drug-likeness (QED) is 0.317. The summed E-state index contributed by atoms with van der Waals surface area (Å²) in [6.07, 6.45) is 4.64. The number of benzene rings is 3. The smallest absolute Gasteiger partial charge is 0.187 e. The van der Waals surface area contributed by atoms with Crippen LogP contribution >= 0.6 is 0 Å². The molecule has 0 aliphatic carbocycles. The number of hydrogen-bond donors (Lipinski definition) is 1. The maximum Gasteiger partial charge on any atom is 0.187 e. The first-order valence-corrected chi connectivity index (χ1v) is 14.4. The molecule has 3 aromatic carbocycles. The Morgan fingerprint density at radius 1 is 0.897 bits per heavy atom. The Hall–Kier alpha value is -4.75. The molecule has 10 heteroatoms. The van der Waals surface area contributed by atoms with Crippen molar-refractivity contribution < 1.29 is 8.42 Å². The molecule has 9 nitrogen and oxygen atoms in total. The lowest BCUT2D eigenvalue weighted by Gasteiger charge is -2.37. The normalized spacial score (nSPS) is 13.9. The van der Waals surface area contributed by atoms with Gasteiger partial charge in [0.05, 0.1) is 28.9 Å². The van der Waals surface area contributed by atoms with Crippen molar-refractivity contribution >= 4 is 37.9 Å². The van der Waals surface area contributed by atoms with E-state index in [0.717, 1.165) is 71.0 Å². The Labute approximate surface area is 226 Å². The second-order valence-electron chi connectivity index (χ2n) is 9.49. The monoisotopic (exact) mass is 535 g/mol. The van der Waals surface area contributed by atoms with Crippen molar-refractivity contribution in [2.45, 2.75) is 4.90 Å². The number of piperazine rings is 1. The fourth-order valence-corrected chi connectivity index (χ4v) is 5.64. The fourth-order valence-electron chi connectivity index (χ4n) is 4.98. The van der Waals surface area contributed by atoms with Gasteiger partial charge in [-0.25, -0.2) is 23.2 Å². The van der Waals surface area contributed by atoms with Crippen molar-refractivity contribution in [2.24, 2.45) is 0 Å². The predicted octanol–water partition coefficient (Wildman–Crippen LogP) is 4.97. The van der Waals surface area contributed by atoms with E-state index in [1.165, 1.54) is 6.26 Å². The van der Waals surface area contributed by atoms with Crippen LogP contribution in [-0.2, 0) is 9.84 Å². The van der Waals surface area contributed by atoms with Crippen molar-refractivity contribution in [1.82, 2.24) is 20.2 Å². The van der Waals surface area contributed by atoms with Crippen LogP contribution in [-0.4, -0.2) is 61.0 Å². The van der Waals surface area contributed by atoms with E-state index in [2.05, 4.69) is 40.9 Å². The summed E-state index contributed by atoms with van der Waals surface area (Å²) in [6, 6.07) is 20.7. The number of anilines is 2. The van der Waals surface area contributed by atoms with Gasteiger partial charge in [0, 0.05) is 49.1 Å². The van der Waals surface area contributed by atoms with Crippen LogP contribution < -0.4 is 9.80 Å². The standard InChI is InChI=1S/C29H25N7O2S/c1-30-22-9-6-20(7-10-22)28-26(18-33-34-28)21-8-11-27-25(16-21)29(32-19-31-27)36-14-12-35(13-15-36)23-4-3-5-24(17-23)39(2,37)38/h3-11,16-19H,12-15H2,2H3,(H,33,34). The van der Waals surface area contributed by atoms with E-state index in [1.807, 2.05) is 36.5 Å². The molecular weight excluding hydrogens is 510 g/mol. The molecule has 194 valence electrons. The summed E-state index contributed by atoms with van der Waals surface area (Å²) in [5, 5.41) is 8.36. The van der Waals surface area contributed by atoms with E-state index in [4.69, 9.17) is 6.57 Å². The van der Waals surface area contributed by atoms with E-state index in [1.54, 1.807) is 36.7 Å². The number of hydrogen-bond acceptors (Lipinski definition) is 7. The Bertz CT molecular complexity index is 1820. The molecular formula is C29H25N7O2S. The summed E-state index contributed by atoms with van der Waals surface area (Å²) in [5.41, 5.74) is 6.15. The Kier molecular flexibility index (Phi) is 6.21. The van der Waals surface area contributed by atoms with Crippen LogP contribution in [0.3, 0.4) is 0 Å². The first-order chi connectivity index (χ1) is 18.9. The van der Waals surface area contributed by atoms with Gasteiger partial charge in [0.25, 0.3) is 0 Å². The number of aromatic nitrogens is 4. The number of sulfone groups is 1. The summed E-state index contributed by atoms with van der Waals surface area (Å²) < 4.78 is 24.0. The molecule has 0 radical (unpaired) electrons. The summed E-state index contributed by atoms with van der Waals surface area (Å²) in [7, 11) is -3.26. The summed E-state index contributed by atoms with van der Waals surface area (Å²) in [4.78, 5) is 17.4. The molecule has 1 saturated heterocycles. The third-order valence-electron chi connectivity index (χ3n) is 7.04. The summed E-state index contributed by atoms with van der Waals surface area (Å²) in [5.74, 6) is 0.873. The van der Waals surface area contributed by atoms with Crippen molar-refractivity contribution in [3.8, 4) is 22.4 Å². The van der Waals surface area contributed by atoms with E-state index in [-0.39, 0.29) is 0 Å². The zero-order valence-electron chi connectivity index (χ0n) is 21.2. The van der Waals surface area contributed by atoms with E-state index in [0.29, 0.717) is 10.6 Å². The number of aromatic amines is 1. The first-order valence-electron chi connectivity index (χ1n) is 12.5. The zero-order chi connectivity index (χ0) is 27.0. The van der Waals surface area contributed by atoms with Crippen molar-refractivity contribution in [3.63, 3.8) is 0 Å². The number of rotatable bonds is 5. The van der Waals surface area contributed by atoms with Gasteiger partial charge < -0.3 is 9.80 Å². The molecule has 0 bridgehead atoms. The van der Waals surface area contributed by atoms with Crippen LogP contribution in [0.15, 0.2) is 84.1 Å². The molecule has 0 atom stereocenters. The molecule has 0 amide bonds. The van der Waals surface area contributed by atoms with Gasteiger partial charge in [-0.05, 0) is 41.5 Å². The highest BCUT2D eigenvalue weighted by molar-refractivity contribution is 7.90. The fraction of sp³-hybridized carbons (Fsp3) is 0.172. The third kappa shape index (κ3) is 4.80. The van der Waals surface area contributed by atoms with Gasteiger partial charge in [-0.1, -0.05) is 36.4 Å². The lowest BCUT2D eigenvalue weighted by atomic mass is 10.00. The molecule has 0 unspecified atom stereocenters. The molecule has 0 spiro atoms. The van der Waals surface area contributed by atoms with Crippen LogP contribution in [0.25, 0.3) is 38.1 Å². The average Bonchev–Trinajstić information content (AvgIpc) is 3.46. The van der Waals surface area contributed by atoms with Gasteiger partial charge in [-0.3, -0.25) is 5.10 Å². The number of nitrogens with zero attached hydrogens (tertiary/aromatic N) is 6. The van der Waals surface area contributed by atoms with Crippen LogP contribution in [0, 0.1) is 6.57 Å². The molecule has 2 aromatic heterocycles. The molecule has 0 saturated carbocycles. The van der Waals surface area contributed by atoms with Crippen LogP contribution in [0.4, 0.5) is 17.2 Å². The van der Waals surface area contributed by atoms with Crippen molar-refractivity contribution in [3.05, 3.63) is 90.7 Å². The van der Waals surface area contributed by atoms with E-state index in [9.17, 15) is 8.42 Å². The topological polar surface area (TPSA) is 99.4 Å². The second kappa shape index (κ2) is 9.85. The summed E-state index contributed by atoms with van der Waals surface area (Å²) >= 11 is 0. The average molecular weight is 536 g/mol. The van der Waals surface area contributed by atoms with Crippen molar-refractivity contribution in [2.75, 3.05) is 42.2 Å². The Morgan fingerprint density at radius 3 is 2.38 bits per heavy atom. The van der Waals surface area contributed by atoms with Crippen LogP contribution in [0.2, 0.25) is 0 Å². The molecule has 1 aliphatic rings. The molecule has 3 heterocycles. The minimum absolute atomic E-state index is 0.331. The van der Waals surface area contributed by atoms with Gasteiger partial charge in [0.1, 0.15) is 12.1 Å². The van der Waals surface area contributed by atoms with Gasteiger partial charge in [-0.2, -0.15) is 5.10 Å². The van der Waals surface area contributed by atoms with E-state index >= 15 is 0 Å². The van der Waals surface area contributed by atoms with Gasteiger partial charge in [-0.15, -0.1) is 0 Å². The zero-order valence-corrected chi connectivity index (χ0v) is 22.1. The molecule has 39 heavy (non-hydrogen) atoms. The Balaban J connectivity index is 1.28. The van der Waals surface area contributed by atoms with Gasteiger partial charge >= 0.3 is 0 Å².